The highest BCUT2D eigenvalue weighted by Gasteiger charge is 2.31. The van der Waals surface area contributed by atoms with Crippen LogP contribution in [-0.4, -0.2) is 56.5 Å². The molecule has 0 bridgehead atoms. The van der Waals surface area contributed by atoms with Gasteiger partial charge in [0.2, 0.25) is 10.0 Å². The van der Waals surface area contributed by atoms with E-state index in [1.807, 2.05) is 11.9 Å². The number of rotatable bonds is 6. The molecule has 0 aliphatic carbocycles. The predicted octanol–water partition coefficient (Wildman–Crippen LogP) is 2.68. The lowest BCUT2D eigenvalue weighted by Crippen LogP contribution is -2.41. The van der Waals surface area contributed by atoms with Crippen molar-refractivity contribution in [1.82, 2.24) is 14.3 Å². The molecule has 0 spiro atoms. The Labute approximate surface area is 165 Å². The van der Waals surface area contributed by atoms with Crippen molar-refractivity contribution in [2.75, 3.05) is 38.7 Å². The van der Waals surface area contributed by atoms with E-state index in [0.29, 0.717) is 30.7 Å². The van der Waals surface area contributed by atoms with Crippen LogP contribution in [0.25, 0.3) is 0 Å². The minimum absolute atomic E-state index is 0.173. The molecule has 0 N–H and O–H groups in total. The van der Waals surface area contributed by atoms with Crippen molar-refractivity contribution in [3.05, 3.63) is 41.7 Å². The number of sulfonamides is 1. The molecule has 2 heterocycles. The van der Waals surface area contributed by atoms with Crippen molar-refractivity contribution in [2.24, 2.45) is 5.92 Å². The zero-order valence-electron chi connectivity index (χ0n) is 15.4. The third-order valence-electron chi connectivity index (χ3n) is 4.76. The lowest BCUT2D eigenvalue weighted by Gasteiger charge is -2.33. The molecule has 0 atom stereocenters. The van der Waals surface area contributed by atoms with Gasteiger partial charge in [0.15, 0.2) is 5.82 Å². The van der Waals surface area contributed by atoms with Gasteiger partial charge in [-0.3, -0.25) is 0 Å². The van der Waals surface area contributed by atoms with Gasteiger partial charge in [-0.05, 0) is 30.9 Å². The third-order valence-corrected chi connectivity index (χ3v) is 7.16. The lowest BCUT2D eigenvalue weighted by molar-refractivity contribution is 0.276. The molecule has 1 aromatic heterocycles. The molecule has 1 aliphatic heterocycles. The fourth-order valence-corrected chi connectivity index (χ4v) is 5.29. The number of benzene rings is 1. The summed E-state index contributed by atoms with van der Waals surface area (Å²) in [5.41, 5.74) is 0. The number of aromatic nitrogens is 2. The SMILES string of the molecule is COc1nccnc1N(C)CC1CCN(S(=O)(=O)c2ccccc2Cl)CC1. The summed E-state index contributed by atoms with van der Waals surface area (Å²) in [6.45, 7) is 1.71. The summed E-state index contributed by atoms with van der Waals surface area (Å²) in [5, 5.41) is 0.258. The standard InChI is InChI=1S/C18H23ClN4O3S/c1-22(17-18(26-2)21-10-9-20-17)13-14-7-11-23(12-8-14)27(24,25)16-6-4-3-5-15(16)19/h3-6,9-10,14H,7-8,11-13H2,1-2H3. The quantitative estimate of drug-likeness (QED) is 0.728. The van der Waals surface area contributed by atoms with Crippen molar-refractivity contribution in [1.29, 1.82) is 0 Å². The zero-order chi connectivity index (χ0) is 19.4. The average Bonchev–Trinajstić information content (AvgIpc) is 2.68. The monoisotopic (exact) mass is 410 g/mol. The van der Waals surface area contributed by atoms with Gasteiger partial charge in [-0.2, -0.15) is 4.31 Å². The molecule has 3 rings (SSSR count). The second-order valence-corrected chi connectivity index (χ2v) is 8.86. The number of nitrogens with zero attached hydrogens (tertiary/aromatic N) is 4. The Bertz CT molecular complexity index is 886. The van der Waals surface area contributed by atoms with Crippen molar-refractivity contribution >= 4 is 27.4 Å². The Morgan fingerprint density at radius 3 is 2.56 bits per heavy atom. The molecule has 0 radical (unpaired) electrons. The fourth-order valence-electron chi connectivity index (χ4n) is 3.32. The minimum atomic E-state index is -3.56. The normalized spacial score (nSPS) is 16.3. The number of halogens is 1. The highest BCUT2D eigenvalue weighted by Crippen LogP contribution is 2.29. The van der Waals surface area contributed by atoms with Gasteiger partial charge in [0.25, 0.3) is 5.88 Å². The van der Waals surface area contributed by atoms with E-state index < -0.39 is 10.0 Å². The Morgan fingerprint density at radius 1 is 1.22 bits per heavy atom. The molecule has 0 saturated carbocycles. The Balaban J connectivity index is 1.63. The molecule has 1 saturated heterocycles. The van der Waals surface area contributed by atoms with Crippen LogP contribution in [0.4, 0.5) is 5.82 Å². The topological polar surface area (TPSA) is 75.6 Å². The van der Waals surface area contributed by atoms with Gasteiger partial charge in [-0.25, -0.2) is 18.4 Å². The van der Waals surface area contributed by atoms with Crippen LogP contribution in [0.3, 0.4) is 0 Å². The summed E-state index contributed by atoms with van der Waals surface area (Å²) >= 11 is 6.08. The van der Waals surface area contributed by atoms with Crippen LogP contribution in [-0.2, 0) is 10.0 Å². The summed E-state index contributed by atoms with van der Waals surface area (Å²) in [6, 6.07) is 6.57. The summed E-state index contributed by atoms with van der Waals surface area (Å²) in [7, 11) is -0.0493. The molecule has 0 unspecified atom stereocenters. The molecule has 9 heteroatoms. The number of hydrogen-bond donors (Lipinski definition) is 0. The van der Waals surface area contributed by atoms with E-state index in [-0.39, 0.29) is 9.92 Å². The number of hydrogen-bond acceptors (Lipinski definition) is 6. The molecular formula is C18H23ClN4O3S. The number of anilines is 1. The van der Waals surface area contributed by atoms with Crippen LogP contribution in [0.1, 0.15) is 12.8 Å². The molecule has 0 amide bonds. The summed E-state index contributed by atoms with van der Waals surface area (Å²) in [5.74, 6) is 1.53. The molecule has 1 fully saturated rings. The van der Waals surface area contributed by atoms with Gasteiger partial charge >= 0.3 is 0 Å². The smallest absolute Gasteiger partial charge is 0.257 e. The number of piperidine rings is 1. The van der Waals surface area contributed by atoms with E-state index in [4.69, 9.17) is 16.3 Å². The number of ether oxygens (including phenoxy) is 1. The van der Waals surface area contributed by atoms with E-state index >= 15 is 0 Å². The van der Waals surface area contributed by atoms with Crippen LogP contribution in [0, 0.1) is 5.92 Å². The lowest BCUT2D eigenvalue weighted by atomic mass is 9.98. The Kier molecular flexibility index (Phi) is 6.18. The summed E-state index contributed by atoms with van der Waals surface area (Å²) in [6.07, 6.45) is 4.77. The maximum Gasteiger partial charge on any atom is 0.257 e. The van der Waals surface area contributed by atoms with Gasteiger partial charge < -0.3 is 9.64 Å². The van der Waals surface area contributed by atoms with Crippen LogP contribution >= 0.6 is 11.6 Å². The van der Waals surface area contributed by atoms with E-state index in [1.54, 1.807) is 43.8 Å². The maximum atomic E-state index is 12.8. The van der Waals surface area contributed by atoms with Crippen molar-refractivity contribution in [3.8, 4) is 5.88 Å². The van der Waals surface area contributed by atoms with Crippen LogP contribution in [0.5, 0.6) is 5.88 Å². The number of methoxy groups -OCH3 is 1. The first-order valence-electron chi connectivity index (χ1n) is 8.74. The van der Waals surface area contributed by atoms with Crippen molar-refractivity contribution < 1.29 is 13.2 Å². The molecule has 1 aromatic carbocycles. The van der Waals surface area contributed by atoms with E-state index in [9.17, 15) is 8.42 Å². The fraction of sp³-hybridized carbons (Fsp3) is 0.444. The van der Waals surface area contributed by atoms with Crippen LogP contribution in [0.2, 0.25) is 5.02 Å². The summed E-state index contributed by atoms with van der Waals surface area (Å²) in [4.78, 5) is 10.7. The first-order chi connectivity index (χ1) is 12.9. The second kappa shape index (κ2) is 8.41. The molecule has 146 valence electrons. The van der Waals surface area contributed by atoms with Gasteiger partial charge in [-0.15, -0.1) is 0 Å². The van der Waals surface area contributed by atoms with Crippen molar-refractivity contribution in [2.45, 2.75) is 17.7 Å². The molecule has 1 aliphatic rings. The highest BCUT2D eigenvalue weighted by atomic mass is 35.5. The second-order valence-electron chi connectivity index (χ2n) is 6.55. The van der Waals surface area contributed by atoms with E-state index in [2.05, 4.69) is 9.97 Å². The van der Waals surface area contributed by atoms with Gasteiger partial charge in [0.05, 0.1) is 12.1 Å². The molecule has 2 aromatic rings. The van der Waals surface area contributed by atoms with Gasteiger partial charge in [-0.1, -0.05) is 23.7 Å². The van der Waals surface area contributed by atoms with E-state index in [1.165, 1.54) is 4.31 Å². The van der Waals surface area contributed by atoms with Gasteiger partial charge in [0, 0.05) is 39.1 Å². The van der Waals surface area contributed by atoms with Crippen LogP contribution in [0.15, 0.2) is 41.6 Å². The largest absolute Gasteiger partial charge is 0.478 e. The van der Waals surface area contributed by atoms with Crippen LogP contribution < -0.4 is 9.64 Å². The third kappa shape index (κ3) is 4.34. The minimum Gasteiger partial charge on any atom is -0.478 e. The van der Waals surface area contributed by atoms with Crippen molar-refractivity contribution in [3.63, 3.8) is 0 Å². The van der Waals surface area contributed by atoms with Gasteiger partial charge in [0.1, 0.15) is 4.90 Å². The predicted molar refractivity (Wildman–Crippen MR) is 105 cm³/mol. The maximum absolute atomic E-state index is 12.8. The van der Waals surface area contributed by atoms with E-state index in [0.717, 1.165) is 19.4 Å². The Morgan fingerprint density at radius 2 is 1.89 bits per heavy atom. The average molecular weight is 411 g/mol. The first kappa shape index (κ1) is 19.9. The molecule has 7 nitrogen and oxygen atoms in total. The summed E-state index contributed by atoms with van der Waals surface area (Å²) < 4.78 is 32.5. The zero-order valence-corrected chi connectivity index (χ0v) is 16.9. The first-order valence-corrected chi connectivity index (χ1v) is 10.6. The highest BCUT2D eigenvalue weighted by molar-refractivity contribution is 7.89. The molecule has 27 heavy (non-hydrogen) atoms. The Hall–Kier alpha value is -1.90. The molecular weight excluding hydrogens is 388 g/mol.